The minimum absolute atomic E-state index is 0.162. The molecule has 0 saturated carbocycles. The highest BCUT2D eigenvalue weighted by Crippen LogP contribution is 2.15. The molecular weight excluding hydrogens is 248 g/mol. The Morgan fingerprint density at radius 2 is 2.11 bits per heavy atom. The minimum Gasteiger partial charge on any atom is -0.379 e. The van der Waals surface area contributed by atoms with E-state index in [1.165, 1.54) is 0 Å². The number of imide groups is 2. The maximum atomic E-state index is 12.0. The summed E-state index contributed by atoms with van der Waals surface area (Å²) in [5.74, 6) is -1.68. The number of rotatable bonds is 8. The molecule has 106 valence electrons. The summed E-state index contributed by atoms with van der Waals surface area (Å²) in [6, 6.07) is -0.658. The second kappa shape index (κ2) is 7.68. The fourth-order valence-electron chi connectivity index (χ4n) is 1.84. The number of barbiturate groups is 1. The summed E-state index contributed by atoms with van der Waals surface area (Å²) < 4.78 is 5.27. The smallest absolute Gasteiger partial charge is 0.330 e. The first kappa shape index (κ1) is 15.4. The van der Waals surface area contributed by atoms with Gasteiger partial charge in [0, 0.05) is 0 Å². The summed E-state index contributed by atoms with van der Waals surface area (Å²) in [5, 5.41) is 2.20. The van der Waals surface area contributed by atoms with Gasteiger partial charge in [0.2, 0.25) is 11.8 Å². The normalized spacial score (nSPS) is 19.5. The van der Waals surface area contributed by atoms with Crippen molar-refractivity contribution in [3.8, 4) is 0 Å². The molecule has 0 aromatic carbocycles. The minimum atomic E-state index is -0.754. The Labute approximate surface area is 112 Å². The number of nitrogens with zero attached hydrogens (tertiary/aromatic N) is 1. The fraction of sp³-hybridized carbons (Fsp3) is 0.615. The van der Waals surface area contributed by atoms with Gasteiger partial charge in [-0.15, -0.1) is 6.58 Å². The molecule has 0 aliphatic carbocycles. The molecule has 1 rings (SSSR count). The van der Waals surface area contributed by atoms with Crippen LogP contribution in [0.1, 0.15) is 26.2 Å². The van der Waals surface area contributed by atoms with Crippen molar-refractivity contribution in [1.82, 2.24) is 10.2 Å². The lowest BCUT2D eigenvalue weighted by Gasteiger charge is -2.29. The summed E-state index contributed by atoms with van der Waals surface area (Å²) in [6.45, 7) is 6.38. The van der Waals surface area contributed by atoms with Crippen molar-refractivity contribution < 1.29 is 19.1 Å². The lowest BCUT2D eigenvalue weighted by Crippen LogP contribution is -2.58. The molecule has 6 heteroatoms. The first-order valence-corrected chi connectivity index (χ1v) is 6.46. The second-order valence-electron chi connectivity index (χ2n) is 4.32. The summed E-state index contributed by atoms with van der Waals surface area (Å²) in [4.78, 5) is 36.2. The van der Waals surface area contributed by atoms with Crippen molar-refractivity contribution in [2.24, 2.45) is 5.92 Å². The average molecular weight is 268 g/mol. The molecule has 0 aromatic heterocycles. The van der Waals surface area contributed by atoms with Gasteiger partial charge in [0.1, 0.15) is 5.92 Å². The van der Waals surface area contributed by atoms with Gasteiger partial charge in [-0.1, -0.05) is 19.4 Å². The Kier molecular flexibility index (Phi) is 6.21. The van der Waals surface area contributed by atoms with Crippen molar-refractivity contribution in [3.05, 3.63) is 12.7 Å². The van der Waals surface area contributed by atoms with Crippen LogP contribution in [0.25, 0.3) is 0 Å². The van der Waals surface area contributed by atoms with Crippen LogP contribution in [0.4, 0.5) is 4.79 Å². The third-order valence-corrected chi connectivity index (χ3v) is 2.86. The van der Waals surface area contributed by atoms with E-state index >= 15 is 0 Å². The van der Waals surface area contributed by atoms with E-state index in [0.717, 1.165) is 11.3 Å². The van der Waals surface area contributed by atoms with Crippen molar-refractivity contribution in [1.29, 1.82) is 0 Å². The standard InChI is InChI=1S/C13H20N2O4/c1-3-5-8-19-9-7-15-12(17)10(6-4-2)11(16)14-13(15)18/h3,10H,1,4-9H2,2H3,(H,14,16,18). The molecule has 1 atom stereocenters. The van der Waals surface area contributed by atoms with Crippen molar-refractivity contribution in [2.75, 3.05) is 19.8 Å². The van der Waals surface area contributed by atoms with Crippen LogP contribution in [0.3, 0.4) is 0 Å². The maximum absolute atomic E-state index is 12.0. The quantitative estimate of drug-likeness (QED) is 0.406. The monoisotopic (exact) mass is 268 g/mol. The molecule has 1 unspecified atom stereocenters. The van der Waals surface area contributed by atoms with Gasteiger partial charge >= 0.3 is 6.03 Å². The topological polar surface area (TPSA) is 75.7 Å². The number of hydrogen-bond acceptors (Lipinski definition) is 4. The molecule has 1 saturated heterocycles. The van der Waals surface area contributed by atoms with E-state index in [0.29, 0.717) is 19.4 Å². The molecule has 6 nitrogen and oxygen atoms in total. The molecule has 0 bridgehead atoms. The van der Waals surface area contributed by atoms with E-state index in [4.69, 9.17) is 4.74 Å². The Bertz CT molecular complexity index is 368. The number of hydrogen-bond donors (Lipinski definition) is 1. The summed E-state index contributed by atoms with van der Waals surface area (Å²) >= 11 is 0. The number of urea groups is 1. The number of carbonyl (C=O) groups excluding carboxylic acids is 3. The first-order valence-electron chi connectivity index (χ1n) is 6.46. The Hall–Kier alpha value is -1.69. The predicted octanol–water partition coefficient (Wildman–Crippen LogP) is 1.07. The van der Waals surface area contributed by atoms with Gasteiger partial charge in [0.25, 0.3) is 0 Å². The molecule has 19 heavy (non-hydrogen) atoms. The maximum Gasteiger partial charge on any atom is 0.330 e. The Morgan fingerprint density at radius 1 is 1.37 bits per heavy atom. The van der Waals surface area contributed by atoms with Crippen LogP contribution in [0, 0.1) is 5.92 Å². The van der Waals surface area contributed by atoms with Crippen LogP contribution in [0.15, 0.2) is 12.7 Å². The first-order chi connectivity index (χ1) is 9.11. The molecule has 1 N–H and O–H groups in total. The number of carbonyl (C=O) groups is 3. The molecule has 0 spiro atoms. The molecular formula is C13H20N2O4. The van der Waals surface area contributed by atoms with E-state index < -0.39 is 23.8 Å². The van der Waals surface area contributed by atoms with Crippen LogP contribution in [0.2, 0.25) is 0 Å². The Morgan fingerprint density at radius 3 is 2.74 bits per heavy atom. The highest BCUT2D eigenvalue weighted by atomic mass is 16.5. The van der Waals surface area contributed by atoms with Gasteiger partial charge in [0.05, 0.1) is 19.8 Å². The van der Waals surface area contributed by atoms with E-state index in [-0.39, 0.29) is 13.2 Å². The molecule has 1 heterocycles. The highest BCUT2D eigenvalue weighted by Gasteiger charge is 2.39. The van der Waals surface area contributed by atoms with Gasteiger partial charge in [0.15, 0.2) is 0 Å². The van der Waals surface area contributed by atoms with E-state index in [2.05, 4.69) is 11.9 Å². The summed E-state index contributed by atoms with van der Waals surface area (Å²) in [5.41, 5.74) is 0. The summed E-state index contributed by atoms with van der Waals surface area (Å²) in [7, 11) is 0. The zero-order valence-electron chi connectivity index (χ0n) is 11.2. The Balaban J connectivity index is 2.50. The molecule has 1 fully saturated rings. The highest BCUT2D eigenvalue weighted by molar-refractivity contribution is 6.16. The van der Waals surface area contributed by atoms with Gasteiger partial charge < -0.3 is 4.74 Å². The van der Waals surface area contributed by atoms with E-state index in [9.17, 15) is 14.4 Å². The molecule has 0 aromatic rings. The number of amides is 4. The van der Waals surface area contributed by atoms with Crippen molar-refractivity contribution >= 4 is 17.8 Å². The largest absolute Gasteiger partial charge is 0.379 e. The van der Waals surface area contributed by atoms with Crippen LogP contribution in [-0.4, -0.2) is 42.5 Å². The van der Waals surface area contributed by atoms with Crippen molar-refractivity contribution in [3.63, 3.8) is 0 Å². The third kappa shape index (κ3) is 4.17. The molecule has 0 radical (unpaired) electrons. The van der Waals surface area contributed by atoms with E-state index in [1.54, 1.807) is 6.08 Å². The van der Waals surface area contributed by atoms with Gasteiger partial charge in [-0.05, 0) is 12.8 Å². The second-order valence-corrected chi connectivity index (χ2v) is 4.32. The number of ether oxygens (including phenoxy) is 1. The van der Waals surface area contributed by atoms with Crippen LogP contribution >= 0.6 is 0 Å². The molecule has 1 aliphatic heterocycles. The van der Waals surface area contributed by atoms with Gasteiger partial charge in [-0.2, -0.15) is 0 Å². The van der Waals surface area contributed by atoms with Crippen LogP contribution in [-0.2, 0) is 14.3 Å². The zero-order chi connectivity index (χ0) is 14.3. The zero-order valence-corrected chi connectivity index (χ0v) is 11.2. The van der Waals surface area contributed by atoms with Crippen molar-refractivity contribution in [2.45, 2.75) is 26.2 Å². The molecule has 1 aliphatic rings. The SMILES string of the molecule is C=CCCOCCN1C(=O)NC(=O)C(CCC)C1=O. The summed E-state index contributed by atoms with van der Waals surface area (Å²) in [6.07, 6.45) is 3.61. The third-order valence-electron chi connectivity index (χ3n) is 2.86. The van der Waals surface area contributed by atoms with E-state index in [1.807, 2.05) is 6.92 Å². The number of nitrogens with one attached hydrogen (secondary N) is 1. The van der Waals surface area contributed by atoms with Gasteiger partial charge in [-0.25, -0.2) is 4.79 Å². The fourth-order valence-corrected chi connectivity index (χ4v) is 1.84. The lowest BCUT2D eigenvalue weighted by molar-refractivity contribution is -0.143. The van der Waals surface area contributed by atoms with Gasteiger partial charge in [-0.3, -0.25) is 19.8 Å². The molecule has 4 amide bonds. The average Bonchev–Trinajstić information content (AvgIpc) is 2.37. The van der Waals surface area contributed by atoms with Crippen LogP contribution < -0.4 is 5.32 Å². The lowest BCUT2D eigenvalue weighted by atomic mass is 9.99. The van der Waals surface area contributed by atoms with Crippen LogP contribution in [0.5, 0.6) is 0 Å². The predicted molar refractivity (Wildman–Crippen MR) is 69.3 cm³/mol.